The maximum atomic E-state index is 12.2. The third kappa shape index (κ3) is 3.76. The van der Waals surface area contributed by atoms with Crippen molar-refractivity contribution >= 4 is 5.91 Å². The van der Waals surface area contributed by atoms with Crippen LogP contribution in [-0.2, 0) is 17.8 Å². The van der Waals surface area contributed by atoms with Crippen LogP contribution in [0.3, 0.4) is 0 Å². The molecule has 1 fully saturated rings. The summed E-state index contributed by atoms with van der Waals surface area (Å²) in [5.74, 6) is 1.38. The van der Waals surface area contributed by atoms with Crippen molar-refractivity contribution in [2.45, 2.75) is 31.8 Å². The second-order valence-electron chi connectivity index (χ2n) is 6.16. The highest BCUT2D eigenvalue weighted by atomic mass is 16.5. The molecule has 0 spiro atoms. The van der Waals surface area contributed by atoms with Crippen molar-refractivity contribution < 1.29 is 9.32 Å². The molecule has 1 aromatic heterocycles. The molecule has 122 valence electrons. The van der Waals surface area contributed by atoms with E-state index >= 15 is 0 Å². The molecule has 1 amide bonds. The maximum absolute atomic E-state index is 12.2. The highest BCUT2D eigenvalue weighted by molar-refractivity contribution is 5.78. The molecule has 0 unspecified atom stereocenters. The van der Waals surface area contributed by atoms with E-state index in [0.717, 1.165) is 12.8 Å². The van der Waals surface area contributed by atoms with E-state index in [-0.39, 0.29) is 11.9 Å². The van der Waals surface area contributed by atoms with Gasteiger partial charge < -0.3 is 14.3 Å². The van der Waals surface area contributed by atoms with E-state index in [1.807, 2.05) is 42.1 Å². The van der Waals surface area contributed by atoms with E-state index in [2.05, 4.69) is 22.3 Å². The van der Waals surface area contributed by atoms with Crippen LogP contribution in [0.25, 0.3) is 0 Å². The summed E-state index contributed by atoms with van der Waals surface area (Å²) in [7, 11) is 3.92. The van der Waals surface area contributed by atoms with Crippen LogP contribution in [0.15, 0.2) is 34.9 Å². The molecule has 6 heteroatoms. The predicted octanol–water partition coefficient (Wildman–Crippen LogP) is 2.04. The zero-order valence-electron chi connectivity index (χ0n) is 13.6. The van der Waals surface area contributed by atoms with Crippen molar-refractivity contribution in [2.75, 3.05) is 20.6 Å². The van der Waals surface area contributed by atoms with E-state index in [4.69, 9.17) is 4.52 Å². The molecule has 1 aliphatic rings. The van der Waals surface area contributed by atoms with Crippen molar-refractivity contribution in [3.63, 3.8) is 0 Å². The molecular formula is C17H22N4O2. The summed E-state index contributed by atoms with van der Waals surface area (Å²) in [5, 5.41) is 4.01. The molecule has 1 aromatic carbocycles. The van der Waals surface area contributed by atoms with Gasteiger partial charge in [0.1, 0.15) is 6.04 Å². The lowest BCUT2D eigenvalue weighted by molar-refractivity contribution is -0.129. The first-order chi connectivity index (χ1) is 11.1. The van der Waals surface area contributed by atoms with Crippen LogP contribution in [0.1, 0.15) is 36.2 Å². The molecule has 0 N–H and O–H groups in total. The van der Waals surface area contributed by atoms with Gasteiger partial charge in [-0.05, 0) is 32.5 Å². The molecule has 23 heavy (non-hydrogen) atoms. The van der Waals surface area contributed by atoms with E-state index in [9.17, 15) is 4.79 Å². The summed E-state index contributed by atoms with van der Waals surface area (Å²) >= 11 is 0. The van der Waals surface area contributed by atoms with Gasteiger partial charge >= 0.3 is 0 Å². The minimum atomic E-state index is -0.0883. The van der Waals surface area contributed by atoms with Gasteiger partial charge in [-0.2, -0.15) is 4.98 Å². The monoisotopic (exact) mass is 314 g/mol. The van der Waals surface area contributed by atoms with Crippen LogP contribution in [-0.4, -0.2) is 46.5 Å². The molecule has 6 nitrogen and oxygen atoms in total. The Labute approximate surface area is 136 Å². The normalized spacial score (nSPS) is 18.1. The van der Waals surface area contributed by atoms with Crippen molar-refractivity contribution in [1.29, 1.82) is 0 Å². The fourth-order valence-electron chi connectivity index (χ4n) is 2.91. The summed E-state index contributed by atoms with van der Waals surface area (Å²) in [5.41, 5.74) is 1.23. The lowest BCUT2D eigenvalue weighted by Gasteiger charge is -2.22. The smallest absolute Gasteiger partial charge is 0.249 e. The van der Waals surface area contributed by atoms with Crippen LogP contribution in [0.4, 0.5) is 0 Å². The van der Waals surface area contributed by atoms with E-state index in [1.54, 1.807) is 0 Å². The number of amides is 1. The van der Waals surface area contributed by atoms with E-state index < -0.39 is 0 Å². The fourth-order valence-corrected chi connectivity index (χ4v) is 2.91. The maximum Gasteiger partial charge on any atom is 0.249 e. The largest absolute Gasteiger partial charge is 0.337 e. The molecule has 3 rings (SSSR count). The summed E-state index contributed by atoms with van der Waals surface area (Å²) in [6.45, 7) is 1.31. The second kappa shape index (κ2) is 6.91. The van der Waals surface area contributed by atoms with Gasteiger partial charge in [-0.15, -0.1) is 0 Å². The van der Waals surface area contributed by atoms with Gasteiger partial charge in [0, 0.05) is 13.0 Å². The van der Waals surface area contributed by atoms with Crippen LogP contribution < -0.4 is 0 Å². The Balaban J connectivity index is 1.68. The number of carbonyl (C=O) groups excluding carboxylic acids is 1. The number of benzene rings is 1. The van der Waals surface area contributed by atoms with Crippen LogP contribution >= 0.6 is 0 Å². The fraction of sp³-hybridized carbons (Fsp3) is 0.471. The van der Waals surface area contributed by atoms with Gasteiger partial charge in [-0.1, -0.05) is 35.5 Å². The number of hydrogen-bond donors (Lipinski definition) is 0. The number of hydrogen-bond acceptors (Lipinski definition) is 5. The third-order valence-electron chi connectivity index (χ3n) is 4.04. The lowest BCUT2D eigenvalue weighted by Crippen LogP contribution is -2.30. The quantitative estimate of drug-likeness (QED) is 0.816. The topological polar surface area (TPSA) is 62.5 Å². The Morgan fingerprint density at radius 3 is 2.83 bits per heavy atom. The van der Waals surface area contributed by atoms with E-state index in [1.165, 1.54) is 5.56 Å². The highest BCUT2D eigenvalue weighted by Crippen LogP contribution is 2.31. The molecule has 0 bridgehead atoms. The van der Waals surface area contributed by atoms with Crippen LogP contribution in [0, 0.1) is 0 Å². The minimum Gasteiger partial charge on any atom is -0.337 e. The number of carbonyl (C=O) groups is 1. The zero-order chi connectivity index (χ0) is 16.2. The Hall–Kier alpha value is -2.21. The van der Waals surface area contributed by atoms with Gasteiger partial charge in [0.25, 0.3) is 0 Å². The molecule has 0 aliphatic carbocycles. The highest BCUT2D eigenvalue weighted by Gasteiger charge is 2.35. The number of rotatable bonds is 6. The van der Waals surface area contributed by atoms with Crippen molar-refractivity contribution in [3.8, 4) is 0 Å². The average molecular weight is 314 g/mol. The van der Waals surface area contributed by atoms with Gasteiger partial charge in [-0.3, -0.25) is 4.79 Å². The number of likely N-dealkylation sites (tertiary alicyclic amines) is 1. The number of aromatic nitrogens is 2. The summed E-state index contributed by atoms with van der Waals surface area (Å²) in [6.07, 6.45) is 2.13. The van der Waals surface area contributed by atoms with E-state index in [0.29, 0.717) is 31.2 Å². The summed E-state index contributed by atoms with van der Waals surface area (Å²) in [4.78, 5) is 20.5. The van der Waals surface area contributed by atoms with Crippen LogP contribution in [0.2, 0.25) is 0 Å². The minimum absolute atomic E-state index is 0.0883. The Kier molecular flexibility index (Phi) is 4.71. The molecule has 1 atom stereocenters. The molecule has 2 heterocycles. The SMILES string of the molecule is CN(C)Cc1noc([C@@H]2CCC(=O)N2CCc2ccccc2)n1. The first-order valence-corrected chi connectivity index (χ1v) is 7.94. The van der Waals surface area contributed by atoms with Crippen molar-refractivity contribution in [3.05, 3.63) is 47.6 Å². The predicted molar refractivity (Wildman–Crippen MR) is 85.5 cm³/mol. The average Bonchev–Trinajstić information content (AvgIpc) is 3.12. The summed E-state index contributed by atoms with van der Waals surface area (Å²) < 4.78 is 5.40. The third-order valence-corrected chi connectivity index (χ3v) is 4.04. The molecule has 1 aliphatic heterocycles. The standard InChI is InChI=1S/C17H22N4O2/c1-20(2)12-15-18-17(23-19-15)14-8-9-16(22)21(14)11-10-13-6-4-3-5-7-13/h3-7,14H,8-12H2,1-2H3/t14-/m0/s1. The van der Waals surface area contributed by atoms with Gasteiger partial charge in [0.05, 0.1) is 6.54 Å². The van der Waals surface area contributed by atoms with Crippen molar-refractivity contribution in [1.82, 2.24) is 19.9 Å². The molecule has 1 saturated heterocycles. The first-order valence-electron chi connectivity index (χ1n) is 7.94. The van der Waals surface area contributed by atoms with Gasteiger partial charge in [-0.25, -0.2) is 0 Å². The molecule has 2 aromatic rings. The zero-order valence-corrected chi connectivity index (χ0v) is 13.6. The second-order valence-corrected chi connectivity index (χ2v) is 6.16. The Morgan fingerprint density at radius 1 is 1.30 bits per heavy atom. The molecule has 0 saturated carbocycles. The van der Waals surface area contributed by atoms with Gasteiger partial charge in [0.2, 0.25) is 11.8 Å². The van der Waals surface area contributed by atoms with Gasteiger partial charge in [0.15, 0.2) is 5.82 Å². The first kappa shape index (κ1) is 15.7. The summed E-state index contributed by atoms with van der Waals surface area (Å²) in [6, 6.07) is 10.1. The molecular weight excluding hydrogens is 292 g/mol. The van der Waals surface area contributed by atoms with Crippen LogP contribution in [0.5, 0.6) is 0 Å². The van der Waals surface area contributed by atoms with Crippen molar-refractivity contribution in [2.24, 2.45) is 0 Å². The Morgan fingerprint density at radius 2 is 2.09 bits per heavy atom. The Bertz CT molecular complexity index is 654. The lowest BCUT2D eigenvalue weighted by atomic mass is 10.1. The number of nitrogens with zero attached hydrogens (tertiary/aromatic N) is 4. The molecule has 0 radical (unpaired) electrons.